The van der Waals surface area contributed by atoms with Gasteiger partial charge in [0.05, 0.1) is 5.56 Å². The predicted octanol–water partition coefficient (Wildman–Crippen LogP) is 4.20. The van der Waals surface area contributed by atoms with Crippen LogP contribution < -0.4 is 5.32 Å². The van der Waals surface area contributed by atoms with Gasteiger partial charge in [-0.05, 0) is 24.5 Å². The second-order valence-electron chi connectivity index (χ2n) is 4.88. The average Bonchev–Trinajstić information content (AvgIpc) is 2.41. The van der Waals surface area contributed by atoms with E-state index in [4.69, 9.17) is 0 Å². The van der Waals surface area contributed by atoms with Crippen molar-refractivity contribution < 1.29 is 13.6 Å². The van der Waals surface area contributed by atoms with E-state index in [2.05, 4.69) is 35.1 Å². The molecule has 1 rings (SSSR count). The van der Waals surface area contributed by atoms with Crippen LogP contribution in [-0.4, -0.2) is 17.3 Å². The summed E-state index contributed by atoms with van der Waals surface area (Å²) in [6.07, 6.45) is 2.01. The minimum absolute atomic E-state index is 0.117. The number of hydrogen-bond donors (Lipinski definition) is 1. The quantitative estimate of drug-likeness (QED) is 0.767. The molecular formula is C15H20BrF2NO. The molecule has 1 amide bonds. The van der Waals surface area contributed by atoms with Gasteiger partial charge in [-0.25, -0.2) is 8.78 Å². The highest BCUT2D eigenvalue weighted by Gasteiger charge is 2.18. The molecule has 0 saturated heterocycles. The number of carbonyl (C=O) groups excluding carboxylic acids is 1. The largest absolute Gasteiger partial charge is 0.351 e. The lowest BCUT2D eigenvalue weighted by atomic mass is 9.99. The highest BCUT2D eigenvalue weighted by Crippen LogP contribution is 2.20. The molecule has 1 aromatic rings. The Morgan fingerprint density at radius 3 is 2.40 bits per heavy atom. The van der Waals surface area contributed by atoms with Crippen LogP contribution in [0.2, 0.25) is 0 Å². The minimum atomic E-state index is -0.834. The third-order valence-electron chi connectivity index (χ3n) is 3.51. The van der Waals surface area contributed by atoms with Gasteiger partial charge in [-0.3, -0.25) is 4.79 Å². The molecule has 0 spiro atoms. The van der Waals surface area contributed by atoms with Gasteiger partial charge in [0.1, 0.15) is 11.6 Å². The molecule has 0 radical (unpaired) electrons. The van der Waals surface area contributed by atoms with Crippen LogP contribution in [-0.2, 0) is 0 Å². The standard InChI is InChI=1S/C15H20BrF2NO/c1-4-10(5-2)12(16)8-19-15(20)11-6-9(3)13(17)7-14(11)18/h6-7,10,12H,4-5,8H2,1-3H3,(H,19,20). The van der Waals surface area contributed by atoms with Crippen molar-refractivity contribution in [3.8, 4) is 0 Å². The van der Waals surface area contributed by atoms with Crippen molar-refractivity contribution in [2.75, 3.05) is 6.54 Å². The summed E-state index contributed by atoms with van der Waals surface area (Å²) < 4.78 is 26.7. The minimum Gasteiger partial charge on any atom is -0.351 e. The maximum Gasteiger partial charge on any atom is 0.254 e. The van der Waals surface area contributed by atoms with Crippen molar-refractivity contribution in [3.05, 3.63) is 34.9 Å². The van der Waals surface area contributed by atoms with E-state index < -0.39 is 17.5 Å². The monoisotopic (exact) mass is 347 g/mol. The summed E-state index contributed by atoms with van der Waals surface area (Å²) in [5.41, 5.74) is 0.139. The third-order valence-corrected chi connectivity index (χ3v) is 4.58. The van der Waals surface area contributed by atoms with Gasteiger partial charge in [0.15, 0.2) is 0 Å². The molecule has 1 unspecified atom stereocenters. The lowest BCUT2D eigenvalue weighted by Crippen LogP contribution is -2.33. The molecule has 1 atom stereocenters. The average molecular weight is 348 g/mol. The van der Waals surface area contributed by atoms with E-state index in [1.165, 1.54) is 13.0 Å². The molecule has 2 nitrogen and oxygen atoms in total. The molecule has 20 heavy (non-hydrogen) atoms. The Kier molecular flexibility index (Phi) is 6.59. The van der Waals surface area contributed by atoms with Crippen LogP contribution in [0.3, 0.4) is 0 Å². The maximum atomic E-state index is 13.6. The Morgan fingerprint density at radius 2 is 1.85 bits per heavy atom. The van der Waals surface area contributed by atoms with Crippen LogP contribution >= 0.6 is 15.9 Å². The summed E-state index contributed by atoms with van der Waals surface area (Å²) in [5, 5.41) is 2.69. The van der Waals surface area contributed by atoms with Crippen LogP contribution in [0, 0.1) is 24.5 Å². The molecule has 0 fully saturated rings. The Balaban J connectivity index is 2.70. The van der Waals surface area contributed by atoms with Gasteiger partial charge in [-0.1, -0.05) is 42.6 Å². The van der Waals surface area contributed by atoms with Crippen molar-refractivity contribution in [1.82, 2.24) is 5.32 Å². The fourth-order valence-electron chi connectivity index (χ4n) is 2.08. The van der Waals surface area contributed by atoms with Gasteiger partial charge >= 0.3 is 0 Å². The smallest absolute Gasteiger partial charge is 0.254 e. The Hall–Kier alpha value is -0.970. The first kappa shape index (κ1) is 17.1. The van der Waals surface area contributed by atoms with E-state index in [9.17, 15) is 13.6 Å². The number of aryl methyl sites for hydroxylation is 1. The molecule has 0 aromatic heterocycles. The first-order valence-corrected chi connectivity index (χ1v) is 7.70. The fourth-order valence-corrected chi connectivity index (χ4v) is 2.99. The summed E-state index contributed by atoms with van der Waals surface area (Å²) in [6, 6.07) is 1.98. The second kappa shape index (κ2) is 7.72. The summed E-state index contributed by atoms with van der Waals surface area (Å²) in [7, 11) is 0. The van der Waals surface area contributed by atoms with Crippen molar-refractivity contribution in [3.63, 3.8) is 0 Å². The number of rotatable bonds is 6. The normalized spacial score (nSPS) is 12.6. The number of nitrogens with one attached hydrogen (secondary N) is 1. The molecule has 0 aliphatic rings. The number of halogens is 3. The van der Waals surface area contributed by atoms with Crippen LogP contribution in [0.1, 0.15) is 42.6 Å². The Labute approximate surface area is 127 Å². The predicted molar refractivity (Wildman–Crippen MR) is 80.2 cm³/mol. The molecule has 1 aromatic carbocycles. The number of benzene rings is 1. The molecule has 5 heteroatoms. The van der Waals surface area contributed by atoms with Crippen molar-refractivity contribution >= 4 is 21.8 Å². The zero-order valence-electron chi connectivity index (χ0n) is 12.0. The van der Waals surface area contributed by atoms with Crippen LogP contribution in [0.15, 0.2) is 12.1 Å². The number of hydrogen-bond acceptors (Lipinski definition) is 1. The topological polar surface area (TPSA) is 29.1 Å². The van der Waals surface area contributed by atoms with Gasteiger partial charge in [-0.15, -0.1) is 0 Å². The summed E-state index contributed by atoms with van der Waals surface area (Å²) >= 11 is 3.54. The SMILES string of the molecule is CCC(CC)C(Br)CNC(=O)c1cc(C)c(F)cc1F. The van der Waals surface area contributed by atoms with E-state index in [0.717, 1.165) is 18.9 Å². The number of carbonyl (C=O) groups is 1. The van der Waals surface area contributed by atoms with Crippen LogP contribution in [0.25, 0.3) is 0 Å². The lowest BCUT2D eigenvalue weighted by Gasteiger charge is -2.20. The summed E-state index contributed by atoms with van der Waals surface area (Å²) in [5.74, 6) is -1.54. The van der Waals surface area contributed by atoms with Crippen LogP contribution in [0.5, 0.6) is 0 Å². The first-order valence-electron chi connectivity index (χ1n) is 6.78. The van der Waals surface area contributed by atoms with Crippen LogP contribution in [0.4, 0.5) is 8.78 Å². The maximum absolute atomic E-state index is 13.6. The molecule has 0 aliphatic heterocycles. The number of alkyl halides is 1. The van der Waals surface area contributed by atoms with Gasteiger partial charge in [0.25, 0.3) is 5.91 Å². The van der Waals surface area contributed by atoms with Crippen molar-refractivity contribution in [1.29, 1.82) is 0 Å². The van der Waals surface area contributed by atoms with E-state index in [1.807, 2.05) is 0 Å². The highest BCUT2D eigenvalue weighted by atomic mass is 79.9. The zero-order chi connectivity index (χ0) is 15.3. The van der Waals surface area contributed by atoms with Gasteiger partial charge in [0, 0.05) is 17.4 Å². The lowest BCUT2D eigenvalue weighted by molar-refractivity contribution is 0.0948. The highest BCUT2D eigenvalue weighted by molar-refractivity contribution is 9.09. The van der Waals surface area contributed by atoms with Gasteiger partial charge < -0.3 is 5.32 Å². The molecular weight excluding hydrogens is 328 g/mol. The Bertz CT molecular complexity index is 475. The molecule has 0 bridgehead atoms. The molecule has 0 saturated carbocycles. The molecule has 1 N–H and O–H groups in total. The van der Waals surface area contributed by atoms with Gasteiger partial charge in [0.2, 0.25) is 0 Å². The summed E-state index contributed by atoms with van der Waals surface area (Å²) in [6.45, 7) is 6.10. The summed E-state index contributed by atoms with van der Waals surface area (Å²) in [4.78, 5) is 12.1. The van der Waals surface area contributed by atoms with Crippen molar-refractivity contribution in [2.45, 2.75) is 38.4 Å². The molecule has 0 aliphatic carbocycles. The third kappa shape index (κ3) is 4.27. The fraction of sp³-hybridized carbons (Fsp3) is 0.533. The van der Waals surface area contributed by atoms with E-state index in [1.54, 1.807) is 0 Å². The van der Waals surface area contributed by atoms with E-state index >= 15 is 0 Å². The molecule has 112 valence electrons. The van der Waals surface area contributed by atoms with E-state index in [-0.39, 0.29) is 16.0 Å². The van der Waals surface area contributed by atoms with Gasteiger partial charge in [-0.2, -0.15) is 0 Å². The Morgan fingerprint density at radius 1 is 1.25 bits per heavy atom. The number of amides is 1. The first-order chi connectivity index (χ1) is 9.40. The van der Waals surface area contributed by atoms with E-state index in [0.29, 0.717) is 12.5 Å². The zero-order valence-corrected chi connectivity index (χ0v) is 13.6. The van der Waals surface area contributed by atoms with Crippen molar-refractivity contribution in [2.24, 2.45) is 5.92 Å². The molecule has 0 heterocycles. The second-order valence-corrected chi connectivity index (χ2v) is 6.06.